The van der Waals surface area contributed by atoms with Crippen LogP contribution < -0.4 is 15.2 Å². The van der Waals surface area contributed by atoms with E-state index in [-0.39, 0.29) is 29.0 Å². The quantitative estimate of drug-likeness (QED) is 0.665. The van der Waals surface area contributed by atoms with E-state index in [2.05, 4.69) is 9.97 Å². The Kier molecular flexibility index (Phi) is 4.28. The van der Waals surface area contributed by atoms with Gasteiger partial charge in [-0.15, -0.1) is 0 Å². The van der Waals surface area contributed by atoms with E-state index >= 15 is 0 Å². The predicted molar refractivity (Wildman–Crippen MR) is 104 cm³/mol. The van der Waals surface area contributed by atoms with Crippen molar-refractivity contribution in [3.05, 3.63) is 70.5 Å². The summed E-state index contributed by atoms with van der Waals surface area (Å²) in [6.07, 6.45) is 2.41. The molecule has 0 radical (unpaired) electrons. The summed E-state index contributed by atoms with van der Waals surface area (Å²) < 4.78 is 27.7. The van der Waals surface area contributed by atoms with Gasteiger partial charge in [-0.1, -0.05) is 18.2 Å². The van der Waals surface area contributed by atoms with Gasteiger partial charge in [-0.25, -0.2) is 9.37 Å². The number of pyridine rings is 1. The molecule has 0 amide bonds. The first kappa shape index (κ1) is 17.8. The number of rotatable bonds is 2. The highest BCUT2D eigenvalue weighted by Crippen LogP contribution is 2.39. The summed E-state index contributed by atoms with van der Waals surface area (Å²) in [7, 11) is 1.67. The number of ether oxygens (including phenoxy) is 2. The summed E-state index contributed by atoms with van der Waals surface area (Å²) in [5.41, 5.74) is 1.24. The van der Waals surface area contributed by atoms with Crippen molar-refractivity contribution in [2.24, 2.45) is 7.05 Å². The maximum absolute atomic E-state index is 14.3. The van der Waals surface area contributed by atoms with Crippen LogP contribution in [0.3, 0.4) is 0 Å². The predicted octanol–water partition coefficient (Wildman–Crippen LogP) is 2.32. The molecule has 0 saturated carbocycles. The molecular formula is C21H19FN4O3. The summed E-state index contributed by atoms with van der Waals surface area (Å²) in [6, 6.07) is 10.5. The Morgan fingerprint density at radius 1 is 1.24 bits per heavy atom. The number of morpholine rings is 1. The minimum atomic E-state index is -0.519. The fraction of sp³-hybridized carbons (Fsp3) is 0.286. The van der Waals surface area contributed by atoms with E-state index in [1.165, 1.54) is 22.9 Å². The molecule has 29 heavy (non-hydrogen) atoms. The summed E-state index contributed by atoms with van der Waals surface area (Å²) in [5.74, 6) is 0.754. The molecule has 4 heterocycles. The molecule has 2 aromatic heterocycles. The lowest BCUT2D eigenvalue weighted by Gasteiger charge is -2.44. The van der Waals surface area contributed by atoms with Crippen molar-refractivity contribution >= 4 is 5.95 Å². The average molecular weight is 394 g/mol. The molecule has 2 aliphatic heterocycles. The Hall–Kier alpha value is -3.26. The number of nitrogens with zero attached hydrogens (tertiary/aromatic N) is 4. The van der Waals surface area contributed by atoms with E-state index in [0.717, 1.165) is 17.5 Å². The number of benzene rings is 1. The van der Waals surface area contributed by atoms with Crippen molar-refractivity contribution < 1.29 is 13.9 Å². The van der Waals surface area contributed by atoms with E-state index in [1.807, 2.05) is 29.2 Å². The summed E-state index contributed by atoms with van der Waals surface area (Å²) in [6.45, 7) is 1.44. The Morgan fingerprint density at radius 3 is 2.97 bits per heavy atom. The normalized spacial score (nSPS) is 20.6. The largest absolute Gasteiger partial charge is 0.491 e. The maximum atomic E-state index is 14.3. The molecule has 0 aliphatic carbocycles. The minimum absolute atomic E-state index is 0.144. The number of hydrogen-bond donors (Lipinski definition) is 0. The average Bonchev–Trinajstić information content (AvgIpc) is 2.75. The third kappa shape index (κ3) is 2.96. The standard InChI is InChI=1S/C21H19FN4O3/c1-25-19(27)10-16(13-6-7-23-11-15(13)22)24-21(25)26-8-9-28-20-14-4-2-3-5-18(14)29-12-17(20)26/h2-7,10-11,17,20H,8-9,12H2,1H3/t17-,20+/m1/s1. The highest BCUT2D eigenvalue weighted by Gasteiger charge is 2.40. The zero-order valence-corrected chi connectivity index (χ0v) is 15.8. The monoisotopic (exact) mass is 394 g/mol. The Morgan fingerprint density at radius 2 is 2.10 bits per heavy atom. The SMILES string of the molecule is Cn1c(N2CCO[C@H]3c4ccccc4OC[C@H]32)nc(-c2ccncc2F)cc1=O. The molecule has 0 bridgehead atoms. The number of aromatic nitrogens is 3. The zero-order valence-electron chi connectivity index (χ0n) is 15.8. The second-order valence-corrected chi connectivity index (χ2v) is 7.10. The smallest absolute Gasteiger partial charge is 0.255 e. The molecule has 7 nitrogen and oxygen atoms in total. The van der Waals surface area contributed by atoms with Crippen LogP contribution in [0.15, 0.2) is 53.6 Å². The number of hydrogen-bond acceptors (Lipinski definition) is 6. The number of halogens is 1. The Bertz CT molecular complexity index is 1130. The number of fused-ring (bicyclic) bond motifs is 3. The van der Waals surface area contributed by atoms with E-state index in [9.17, 15) is 9.18 Å². The van der Waals surface area contributed by atoms with Crippen molar-refractivity contribution in [1.82, 2.24) is 14.5 Å². The first-order valence-corrected chi connectivity index (χ1v) is 9.41. The summed E-state index contributed by atoms with van der Waals surface area (Å²) in [4.78, 5) is 23.1. The second kappa shape index (κ2) is 6.97. The van der Waals surface area contributed by atoms with Crippen molar-refractivity contribution in [3.63, 3.8) is 0 Å². The van der Waals surface area contributed by atoms with Gasteiger partial charge in [0.15, 0.2) is 5.82 Å². The second-order valence-electron chi connectivity index (χ2n) is 7.10. The molecule has 8 heteroatoms. The van der Waals surface area contributed by atoms with Gasteiger partial charge in [0.1, 0.15) is 18.5 Å². The topological polar surface area (TPSA) is 69.5 Å². The van der Waals surface area contributed by atoms with Crippen LogP contribution in [0.5, 0.6) is 5.75 Å². The van der Waals surface area contributed by atoms with Crippen LogP contribution in [-0.2, 0) is 11.8 Å². The van der Waals surface area contributed by atoms with E-state index in [4.69, 9.17) is 9.47 Å². The van der Waals surface area contributed by atoms with Crippen LogP contribution >= 0.6 is 0 Å². The molecule has 148 valence electrons. The molecule has 0 unspecified atom stereocenters. The molecule has 3 aromatic rings. The van der Waals surface area contributed by atoms with Crippen LogP contribution in [0, 0.1) is 5.82 Å². The molecule has 5 rings (SSSR count). The fourth-order valence-corrected chi connectivity index (χ4v) is 3.97. The van der Waals surface area contributed by atoms with Crippen molar-refractivity contribution in [2.75, 3.05) is 24.7 Å². The fourth-order valence-electron chi connectivity index (χ4n) is 3.97. The number of para-hydroxylation sites is 1. The highest BCUT2D eigenvalue weighted by atomic mass is 19.1. The van der Waals surface area contributed by atoms with Gasteiger partial charge in [0, 0.05) is 37.0 Å². The Labute approximate surface area is 166 Å². The van der Waals surface area contributed by atoms with Gasteiger partial charge < -0.3 is 14.4 Å². The third-order valence-corrected chi connectivity index (χ3v) is 5.43. The lowest BCUT2D eigenvalue weighted by Crippen LogP contribution is -2.53. The van der Waals surface area contributed by atoms with Crippen LogP contribution in [0.4, 0.5) is 10.3 Å². The molecule has 0 N–H and O–H groups in total. The van der Waals surface area contributed by atoms with Crippen LogP contribution in [-0.4, -0.2) is 40.3 Å². The zero-order chi connectivity index (χ0) is 20.0. The highest BCUT2D eigenvalue weighted by molar-refractivity contribution is 5.60. The van der Waals surface area contributed by atoms with Gasteiger partial charge in [-0.3, -0.25) is 14.3 Å². The van der Waals surface area contributed by atoms with E-state index < -0.39 is 5.82 Å². The number of anilines is 1. The third-order valence-electron chi connectivity index (χ3n) is 5.43. The van der Waals surface area contributed by atoms with Crippen LogP contribution in [0.25, 0.3) is 11.3 Å². The summed E-state index contributed by atoms with van der Waals surface area (Å²) >= 11 is 0. The first-order chi connectivity index (χ1) is 14.1. The molecule has 1 aromatic carbocycles. The molecule has 2 atom stereocenters. The van der Waals surface area contributed by atoms with Crippen LogP contribution in [0.2, 0.25) is 0 Å². The van der Waals surface area contributed by atoms with Gasteiger partial charge in [0.25, 0.3) is 5.56 Å². The molecular weight excluding hydrogens is 375 g/mol. The first-order valence-electron chi connectivity index (χ1n) is 9.41. The molecule has 2 aliphatic rings. The Balaban J connectivity index is 1.59. The lowest BCUT2D eigenvalue weighted by atomic mass is 9.96. The van der Waals surface area contributed by atoms with Crippen molar-refractivity contribution in [1.29, 1.82) is 0 Å². The van der Waals surface area contributed by atoms with Gasteiger partial charge in [-0.05, 0) is 12.1 Å². The van der Waals surface area contributed by atoms with E-state index in [0.29, 0.717) is 25.7 Å². The van der Waals surface area contributed by atoms with Gasteiger partial charge >= 0.3 is 0 Å². The minimum Gasteiger partial charge on any atom is -0.491 e. The van der Waals surface area contributed by atoms with Crippen molar-refractivity contribution in [3.8, 4) is 17.0 Å². The van der Waals surface area contributed by atoms with Gasteiger partial charge in [0.2, 0.25) is 5.95 Å². The van der Waals surface area contributed by atoms with Crippen molar-refractivity contribution in [2.45, 2.75) is 12.1 Å². The van der Waals surface area contributed by atoms with Crippen LogP contribution in [0.1, 0.15) is 11.7 Å². The van der Waals surface area contributed by atoms with Gasteiger partial charge in [-0.2, -0.15) is 0 Å². The van der Waals surface area contributed by atoms with E-state index in [1.54, 1.807) is 7.05 Å². The van der Waals surface area contributed by atoms with Gasteiger partial charge in [0.05, 0.1) is 24.5 Å². The summed E-state index contributed by atoms with van der Waals surface area (Å²) in [5, 5.41) is 0. The lowest BCUT2D eigenvalue weighted by molar-refractivity contribution is -0.0164. The molecule has 0 spiro atoms. The maximum Gasteiger partial charge on any atom is 0.255 e. The molecule has 1 saturated heterocycles. The molecule has 1 fully saturated rings.